The van der Waals surface area contributed by atoms with E-state index >= 15 is 0 Å². The molecule has 1 atom stereocenters. The van der Waals surface area contributed by atoms with E-state index in [0.29, 0.717) is 5.56 Å². The van der Waals surface area contributed by atoms with E-state index < -0.39 is 11.9 Å². The van der Waals surface area contributed by atoms with Crippen molar-refractivity contribution in [2.45, 2.75) is 13.0 Å². The second kappa shape index (κ2) is 4.38. The molecule has 0 saturated carbocycles. The molecule has 0 saturated heterocycles. The lowest BCUT2D eigenvalue weighted by atomic mass is 10.1. The van der Waals surface area contributed by atoms with Crippen LogP contribution in [0.15, 0.2) is 24.3 Å². The molecule has 0 spiro atoms. The van der Waals surface area contributed by atoms with Gasteiger partial charge in [0.1, 0.15) is 11.9 Å². The van der Waals surface area contributed by atoms with Gasteiger partial charge in [-0.3, -0.25) is 4.79 Å². The van der Waals surface area contributed by atoms with E-state index in [1.807, 2.05) is 6.07 Å². The average Bonchev–Trinajstić information content (AvgIpc) is 2.14. The Kier molecular flexibility index (Phi) is 3.19. The normalized spacial score (nSPS) is 11.5. The van der Waals surface area contributed by atoms with E-state index in [2.05, 4.69) is 5.32 Å². The van der Waals surface area contributed by atoms with Crippen molar-refractivity contribution < 1.29 is 9.18 Å². The second-order valence-electron chi connectivity index (χ2n) is 2.82. The molecule has 0 fully saturated rings. The highest BCUT2D eigenvalue weighted by atomic mass is 19.1. The van der Waals surface area contributed by atoms with Crippen molar-refractivity contribution in [1.29, 1.82) is 5.26 Å². The molecule has 3 nitrogen and oxygen atoms in total. The number of nitrogens with zero attached hydrogens (tertiary/aromatic N) is 1. The van der Waals surface area contributed by atoms with Crippen molar-refractivity contribution in [3.63, 3.8) is 0 Å². The monoisotopic (exact) mass is 192 g/mol. The Morgan fingerprint density at radius 3 is 2.86 bits per heavy atom. The number of carbonyl (C=O) groups excluding carboxylic acids is 1. The molecule has 0 heterocycles. The number of hydrogen-bond acceptors (Lipinski definition) is 2. The van der Waals surface area contributed by atoms with Crippen LogP contribution >= 0.6 is 0 Å². The number of halogens is 1. The summed E-state index contributed by atoms with van der Waals surface area (Å²) < 4.78 is 12.8. The zero-order valence-corrected chi connectivity index (χ0v) is 7.62. The molecule has 1 rings (SSSR count). The highest BCUT2D eigenvalue weighted by Crippen LogP contribution is 2.12. The van der Waals surface area contributed by atoms with E-state index in [1.54, 1.807) is 6.07 Å². The summed E-state index contributed by atoms with van der Waals surface area (Å²) in [5.41, 5.74) is 0.447. The fraction of sp³-hybridized carbons (Fsp3) is 0.200. The van der Waals surface area contributed by atoms with E-state index in [-0.39, 0.29) is 5.91 Å². The summed E-state index contributed by atoms with van der Waals surface area (Å²) in [6, 6.07) is 6.69. The first-order valence-corrected chi connectivity index (χ1v) is 4.05. The standard InChI is InChI=1S/C10H9FN2O/c1-7(14)13-10(6-12)8-3-2-4-9(11)5-8/h2-5,10H,1H3,(H,13,14)/t10-/m1/s1. The molecule has 0 aromatic heterocycles. The Bertz CT molecular complexity index is 384. The van der Waals surface area contributed by atoms with Crippen LogP contribution in [0.5, 0.6) is 0 Å². The van der Waals surface area contributed by atoms with Crippen LogP contribution in [-0.2, 0) is 4.79 Å². The van der Waals surface area contributed by atoms with E-state index in [4.69, 9.17) is 5.26 Å². The van der Waals surface area contributed by atoms with E-state index in [0.717, 1.165) is 0 Å². The van der Waals surface area contributed by atoms with Crippen molar-refractivity contribution in [1.82, 2.24) is 5.32 Å². The second-order valence-corrected chi connectivity index (χ2v) is 2.82. The third-order valence-corrected chi connectivity index (χ3v) is 1.66. The molecular formula is C10H9FN2O. The highest BCUT2D eigenvalue weighted by Gasteiger charge is 2.11. The number of carbonyl (C=O) groups is 1. The summed E-state index contributed by atoms with van der Waals surface area (Å²) in [7, 11) is 0. The van der Waals surface area contributed by atoms with Crippen LogP contribution in [0.4, 0.5) is 4.39 Å². The van der Waals surface area contributed by atoms with Crippen molar-refractivity contribution in [3.8, 4) is 6.07 Å². The maximum atomic E-state index is 12.8. The van der Waals surface area contributed by atoms with Gasteiger partial charge < -0.3 is 5.32 Å². The zero-order valence-electron chi connectivity index (χ0n) is 7.62. The maximum Gasteiger partial charge on any atom is 0.218 e. The SMILES string of the molecule is CC(=O)N[C@H](C#N)c1cccc(F)c1. The molecule has 1 aromatic rings. The lowest BCUT2D eigenvalue weighted by Crippen LogP contribution is -2.24. The first-order valence-electron chi connectivity index (χ1n) is 4.05. The Balaban J connectivity index is 2.90. The minimum Gasteiger partial charge on any atom is -0.337 e. The van der Waals surface area contributed by atoms with Crippen molar-refractivity contribution in [2.75, 3.05) is 0 Å². The fourth-order valence-electron chi connectivity index (χ4n) is 1.08. The molecular weight excluding hydrogens is 183 g/mol. The van der Waals surface area contributed by atoms with Crippen LogP contribution in [0.25, 0.3) is 0 Å². The molecule has 0 aliphatic heterocycles. The Morgan fingerprint density at radius 2 is 2.36 bits per heavy atom. The summed E-state index contributed by atoms with van der Waals surface area (Å²) in [6.45, 7) is 1.31. The van der Waals surface area contributed by atoms with Gasteiger partial charge in [-0.1, -0.05) is 12.1 Å². The summed E-state index contributed by atoms with van der Waals surface area (Å²) in [4.78, 5) is 10.7. The molecule has 14 heavy (non-hydrogen) atoms. The van der Waals surface area contributed by atoms with Crippen LogP contribution in [0, 0.1) is 17.1 Å². The summed E-state index contributed by atoms with van der Waals surface area (Å²) >= 11 is 0. The van der Waals surface area contributed by atoms with Gasteiger partial charge in [-0.05, 0) is 17.7 Å². The predicted molar refractivity (Wildman–Crippen MR) is 48.6 cm³/mol. The highest BCUT2D eigenvalue weighted by molar-refractivity contribution is 5.73. The van der Waals surface area contributed by atoms with Gasteiger partial charge >= 0.3 is 0 Å². The first kappa shape index (κ1) is 10.2. The van der Waals surface area contributed by atoms with Gasteiger partial charge in [0.15, 0.2) is 0 Å². The molecule has 1 N–H and O–H groups in total. The number of rotatable bonds is 2. The summed E-state index contributed by atoms with van der Waals surface area (Å²) in [6.07, 6.45) is 0. The molecule has 1 amide bonds. The lowest BCUT2D eigenvalue weighted by molar-refractivity contribution is -0.119. The smallest absolute Gasteiger partial charge is 0.218 e. The van der Waals surface area contributed by atoms with Gasteiger partial charge in [-0.15, -0.1) is 0 Å². The molecule has 72 valence electrons. The Morgan fingerprint density at radius 1 is 1.64 bits per heavy atom. The van der Waals surface area contributed by atoms with Crippen molar-refractivity contribution >= 4 is 5.91 Å². The Labute approximate surface area is 81.2 Å². The topological polar surface area (TPSA) is 52.9 Å². The Hall–Kier alpha value is -1.89. The zero-order chi connectivity index (χ0) is 10.6. The third kappa shape index (κ3) is 2.56. The number of nitrogens with one attached hydrogen (secondary N) is 1. The minimum atomic E-state index is -0.789. The van der Waals surface area contributed by atoms with Gasteiger partial charge in [-0.2, -0.15) is 5.26 Å². The van der Waals surface area contributed by atoms with E-state index in [1.165, 1.54) is 25.1 Å². The largest absolute Gasteiger partial charge is 0.337 e. The lowest BCUT2D eigenvalue weighted by Gasteiger charge is -2.09. The average molecular weight is 192 g/mol. The predicted octanol–water partition coefficient (Wildman–Crippen LogP) is 1.53. The van der Waals surface area contributed by atoms with Crippen LogP contribution in [-0.4, -0.2) is 5.91 Å². The van der Waals surface area contributed by atoms with Crippen molar-refractivity contribution in [2.24, 2.45) is 0 Å². The molecule has 0 bridgehead atoms. The number of nitriles is 1. The van der Waals surface area contributed by atoms with Gasteiger partial charge in [-0.25, -0.2) is 4.39 Å². The van der Waals surface area contributed by atoms with Gasteiger partial charge in [0, 0.05) is 6.92 Å². The van der Waals surface area contributed by atoms with Gasteiger partial charge in [0.2, 0.25) is 5.91 Å². The molecule has 4 heteroatoms. The molecule has 0 aliphatic carbocycles. The quantitative estimate of drug-likeness (QED) is 0.772. The minimum absolute atomic E-state index is 0.319. The van der Waals surface area contributed by atoms with Crippen LogP contribution < -0.4 is 5.32 Å². The molecule has 0 aliphatic rings. The molecule has 0 unspecified atom stereocenters. The van der Waals surface area contributed by atoms with E-state index in [9.17, 15) is 9.18 Å². The number of hydrogen-bond donors (Lipinski definition) is 1. The summed E-state index contributed by atoms with van der Waals surface area (Å²) in [5, 5.41) is 11.1. The number of benzene rings is 1. The molecule has 1 aromatic carbocycles. The fourth-order valence-corrected chi connectivity index (χ4v) is 1.08. The number of amides is 1. The first-order chi connectivity index (χ1) is 6.63. The molecule has 0 radical (unpaired) electrons. The summed E-state index contributed by atoms with van der Waals surface area (Å²) in [5.74, 6) is -0.742. The van der Waals surface area contributed by atoms with Crippen molar-refractivity contribution in [3.05, 3.63) is 35.6 Å². The van der Waals surface area contributed by atoms with Gasteiger partial charge in [0.05, 0.1) is 6.07 Å². The van der Waals surface area contributed by atoms with Crippen LogP contribution in [0.1, 0.15) is 18.5 Å². The van der Waals surface area contributed by atoms with Gasteiger partial charge in [0.25, 0.3) is 0 Å². The maximum absolute atomic E-state index is 12.8. The van der Waals surface area contributed by atoms with Crippen LogP contribution in [0.2, 0.25) is 0 Å². The third-order valence-electron chi connectivity index (χ3n) is 1.66. The van der Waals surface area contributed by atoms with Crippen LogP contribution in [0.3, 0.4) is 0 Å².